The molecular formula is C12H15Cl2NO3S. The van der Waals surface area contributed by atoms with Crippen LogP contribution in [-0.2, 0) is 10.0 Å². The zero-order valence-electron chi connectivity index (χ0n) is 10.1. The highest BCUT2D eigenvalue weighted by molar-refractivity contribution is 7.89. The first-order chi connectivity index (χ1) is 8.88. The highest BCUT2D eigenvalue weighted by Gasteiger charge is 2.28. The first kappa shape index (κ1) is 15.1. The maximum absolute atomic E-state index is 12.2. The summed E-state index contributed by atoms with van der Waals surface area (Å²) in [5.41, 5.74) is 0. The van der Waals surface area contributed by atoms with Crippen LogP contribution in [0.3, 0.4) is 0 Å². The molecule has 0 amide bonds. The molecule has 0 radical (unpaired) electrons. The Bertz CT molecular complexity index is 542. The molecule has 1 saturated carbocycles. The SMILES string of the molecule is O=S(=O)(N[C@H]1CCCC[C@@H]1O)c1cc(Cl)cc(Cl)c1. The molecule has 0 saturated heterocycles. The second kappa shape index (κ2) is 5.97. The molecule has 1 aromatic carbocycles. The molecule has 106 valence electrons. The zero-order chi connectivity index (χ0) is 14.0. The van der Waals surface area contributed by atoms with Gasteiger partial charge in [0.1, 0.15) is 0 Å². The minimum Gasteiger partial charge on any atom is -0.391 e. The largest absolute Gasteiger partial charge is 0.391 e. The number of hydrogen-bond acceptors (Lipinski definition) is 3. The molecule has 0 bridgehead atoms. The van der Waals surface area contributed by atoms with E-state index in [2.05, 4.69) is 4.72 Å². The van der Waals surface area contributed by atoms with Crippen LogP contribution in [0.1, 0.15) is 25.7 Å². The van der Waals surface area contributed by atoms with Crippen LogP contribution in [0.5, 0.6) is 0 Å². The molecular weight excluding hydrogens is 309 g/mol. The Morgan fingerprint density at radius 2 is 1.68 bits per heavy atom. The standard InChI is InChI=1S/C12H15Cl2NO3S/c13-8-5-9(14)7-10(6-8)19(17,18)15-11-3-1-2-4-12(11)16/h5-7,11-12,15-16H,1-4H2/t11-,12-/m0/s1. The predicted molar refractivity (Wildman–Crippen MR) is 75.0 cm³/mol. The van der Waals surface area contributed by atoms with Crippen molar-refractivity contribution in [2.24, 2.45) is 0 Å². The number of hydrogen-bond donors (Lipinski definition) is 2. The van der Waals surface area contributed by atoms with Crippen LogP contribution in [0.15, 0.2) is 23.1 Å². The number of nitrogens with one attached hydrogen (secondary N) is 1. The topological polar surface area (TPSA) is 66.4 Å². The molecule has 2 rings (SSSR count). The quantitative estimate of drug-likeness (QED) is 0.898. The van der Waals surface area contributed by atoms with Gasteiger partial charge in [0, 0.05) is 16.1 Å². The summed E-state index contributed by atoms with van der Waals surface area (Å²) in [7, 11) is -3.72. The molecule has 2 N–H and O–H groups in total. The predicted octanol–water partition coefficient (Wildman–Crippen LogP) is 2.58. The van der Waals surface area contributed by atoms with E-state index < -0.39 is 22.2 Å². The molecule has 4 nitrogen and oxygen atoms in total. The van der Waals surface area contributed by atoms with E-state index in [0.717, 1.165) is 12.8 Å². The van der Waals surface area contributed by atoms with Crippen molar-refractivity contribution in [3.8, 4) is 0 Å². The Hall–Kier alpha value is -0.330. The average Bonchev–Trinajstić information content (AvgIpc) is 2.31. The summed E-state index contributed by atoms with van der Waals surface area (Å²) in [5.74, 6) is 0. The summed E-state index contributed by atoms with van der Waals surface area (Å²) in [4.78, 5) is 0.0165. The lowest BCUT2D eigenvalue weighted by atomic mass is 9.93. The fourth-order valence-corrected chi connectivity index (χ4v) is 4.23. The lowest BCUT2D eigenvalue weighted by molar-refractivity contribution is 0.101. The molecule has 0 spiro atoms. The third kappa shape index (κ3) is 3.83. The molecule has 1 aliphatic rings. The Kier molecular flexibility index (Phi) is 4.74. The second-order valence-electron chi connectivity index (χ2n) is 4.68. The summed E-state index contributed by atoms with van der Waals surface area (Å²) in [6.45, 7) is 0. The highest BCUT2D eigenvalue weighted by Crippen LogP contribution is 2.24. The molecule has 1 aliphatic carbocycles. The first-order valence-corrected chi connectivity index (χ1v) is 8.29. The van der Waals surface area contributed by atoms with Gasteiger partial charge in [0.25, 0.3) is 0 Å². The first-order valence-electron chi connectivity index (χ1n) is 6.05. The van der Waals surface area contributed by atoms with Gasteiger partial charge < -0.3 is 5.11 Å². The van der Waals surface area contributed by atoms with Gasteiger partial charge in [0.2, 0.25) is 10.0 Å². The van der Waals surface area contributed by atoms with E-state index in [0.29, 0.717) is 12.8 Å². The van der Waals surface area contributed by atoms with Gasteiger partial charge in [-0.05, 0) is 31.0 Å². The molecule has 0 aliphatic heterocycles. The Morgan fingerprint density at radius 1 is 1.11 bits per heavy atom. The van der Waals surface area contributed by atoms with Crippen LogP contribution in [-0.4, -0.2) is 25.7 Å². The molecule has 0 unspecified atom stereocenters. The number of benzene rings is 1. The van der Waals surface area contributed by atoms with Gasteiger partial charge in [-0.3, -0.25) is 0 Å². The molecule has 0 aromatic heterocycles. The van der Waals surface area contributed by atoms with E-state index in [9.17, 15) is 13.5 Å². The maximum Gasteiger partial charge on any atom is 0.241 e. The van der Waals surface area contributed by atoms with Gasteiger partial charge in [-0.1, -0.05) is 36.0 Å². The normalized spacial score (nSPS) is 24.4. The lowest BCUT2D eigenvalue weighted by Crippen LogP contribution is -2.44. The van der Waals surface area contributed by atoms with Crippen LogP contribution in [0.25, 0.3) is 0 Å². The fraction of sp³-hybridized carbons (Fsp3) is 0.500. The van der Waals surface area contributed by atoms with E-state index in [4.69, 9.17) is 23.2 Å². The molecule has 1 aromatic rings. The minimum atomic E-state index is -3.72. The zero-order valence-corrected chi connectivity index (χ0v) is 12.5. The Morgan fingerprint density at radius 3 is 2.26 bits per heavy atom. The van der Waals surface area contributed by atoms with Crippen molar-refractivity contribution in [3.63, 3.8) is 0 Å². The van der Waals surface area contributed by atoms with Gasteiger partial charge >= 0.3 is 0 Å². The van der Waals surface area contributed by atoms with Gasteiger partial charge in [-0.15, -0.1) is 0 Å². The molecule has 7 heteroatoms. The van der Waals surface area contributed by atoms with Gasteiger partial charge in [0.15, 0.2) is 0 Å². The summed E-state index contributed by atoms with van der Waals surface area (Å²) >= 11 is 11.6. The van der Waals surface area contributed by atoms with Crippen LogP contribution < -0.4 is 4.72 Å². The van der Waals surface area contributed by atoms with E-state index in [-0.39, 0.29) is 14.9 Å². The number of sulfonamides is 1. The summed E-state index contributed by atoms with van der Waals surface area (Å²) < 4.78 is 26.9. The van der Waals surface area contributed by atoms with Crippen LogP contribution in [0, 0.1) is 0 Å². The van der Waals surface area contributed by atoms with Crippen LogP contribution in [0.2, 0.25) is 10.0 Å². The fourth-order valence-electron chi connectivity index (χ4n) is 2.20. The van der Waals surface area contributed by atoms with Crippen molar-refractivity contribution in [1.82, 2.24) is 4.72 Å². The minimum absolute atomic E-state index is 0.0165. The molecule has 2 atom stereocenters. The number of halogens is 2. The van der Waals surface area contributed by atoms with Gasteiger partial charge in [0.05, 0.1) is 11.0 Å². The van der Waals surface area contributed by atoms with Crippen molar-refractivity contribution in [1.29, 1.82) is 0 Å². The van der Waals surface area contributed by atoms with E-state index >= 15 is 0 Å². The van der Waals surface area contributed by atoms with Crippen molar-refractivity contribution in [2.45, 2.75) is 42.7 Å². The molecule has 0 heterocycles. The van der Waals surface area contributed by atoms with Gasteiger partial charge in [-0.2, -0.15) is 0 Å². The van der Waals surface area contributed by atoms with E-state index in [1.54, 1.807) is 0 Å². The average molecular weight is 324 g/mol. The van der Waals surface area contributed by atoms with Crippen molar-refractivity contribution >= 4 is 33.2 Å². The highest BCUT2D eigenvalue weighted by atomic mass is 35.5. The van der Waals surface area contributed by atoms with Gasteiger partial charge in [-0.25, -0.2) is 13.1 Å². The van der Waals surface area contributed by atoms with Crippen LogP contribution in [0.4, 0.5) is 0 Å². The third-order valence-corrected chi connectivity index (χ3v) is 5.09. The third-order valence-electron chi connectivity index (χ3n) is 3.18. The lowest BCUT2D eigenvalue weighted by Gasteiger charge is -2.28. The Labute approximate surface area is 122 Å². The summed E-state index contributed by atoms with van der Waals surface area (Å²) in [6, 6.07) is 3.70. The molecule has 19 heavy (non-hydrogen) atoms. The summed E-state index contributed by atoms with van der Waals surface area (Å²) in [5, 5.41) is 10.3. The van der Waals surface area contributed by atoms with E-state index in [1.165, 1.54) is 18.2 Å². The number of aliphatic hydroxyl groups is 1. The van der Waals surface area contributed by atoms with Crippen molar-refractivity contribution < 1.29 is 13.5 Å². The Balaban J connectivity index is 2.22. The number of rotatable bonds is 3. The smallest absolute Gasteiger partial charge is 0.241 e. The van der Waals surface area contributed by atoms with Crippen molar-refractivity contribution in [3.05, 3.63) is 28.2 Å². The summed E-state index contributed by atoms with van der Waals surface area (Å²) in [6.07, 6.45) is 2.43. The van der Waals surface area contributed by atoms with Crippen molar-refractivity contribution in [2.75, 3.05) is 0 Å². The maximum atomic E-state index is 12.2. The monoisotopic (exact) mass is 323 g/mol. The van der Waals surface area contributed by atoms with Crippen LogP contribution >= 0.6 is 23.2 Å². The second-order valence-corrected chi connectivity index (χ2v) is 7.27. The van der Waals surface area contributed by atoms with E-state index in [1.807, 2.05) is 0 Å². The molecule has 1 fully saturated rings. The number of aliphatic hydroxyl groups excluding tert-OH is 1.